The van der Waals surface area contributed by atoms with Gasteiger partial charge in [-0.2, -0.15) is 9.89 Å². The largest absolute Gasteiger partial charge is 0.343 e. The van der Waals surface area contributed by atoms with Crippen LogP contribution >= 0.6 is 11.6 Å². The SMILES string of the molecule is CC(=O)N1CCCC(CC(=O)Nn2cc(-c3cnn4c3CC(C)(C)C4)c(Cl)n2)C1. The molecule has 2 aliphatic rings. The minimum atomic E-state index is -0.132. The first-order valence-corrected chi connectivity index (χ1v) is 10.5. The molecule has 2 aromatic heterocycles. The van der Waals surface area contributed by atoms with Crippen LogP contribution in [0.1, 0.15) is 45.7 Å². The van der Waals surface area contributed by atoms with Crippen LogP contribution in [0, 0.1) is 11.3 Å². The highest BCUT2D eigenvalue weighted by Crippen LogP contribution is 2.38. The number of rotatable bonds is 4. The van der Waals surface area contributed by atoms with Crippen molar-refractivity contribution in [1.82, 2.24) is 24.6 Å². The number of carbonyl (C=O) groups is 2. The molecule has 4 rings (SSSR count). The molecule has 1 atom stereocenters. The summed E-state index contributed by atoms with van der Waals surface area (Å²) in [7, 11) is 0. The summed E-state index contributed by atoms with van der Waals surface area (Å²) in [4.78, 5) is 27.3. The molecule has 29 heavy (non-hydrogen) atoms. The molecular formula is C20H27ClN6O2. The minimum Gasteiger partial charge on any atom is -0.343 e. The predicted octanol–water partition coefficient (Wildman–Crippen LogP) is 2.70. The van der Waals surface area contributed by atoms with Gasteiger partial charge >= 0.3 is 0 Å². The zero-order chi connectivity index (χ0) is 20.8. The van der Waals surface area contributed by atoms with Crippen LogP contribution in [0.4, 0.5) is 0 Å². The van der Waals surface area contributed by atoms with Crippen LogP contribution in [-0.4, -0.2) is 49.5 Å². The number of amides is 2. The first-order valence-electron chi connectivity index (χ1n) is 10.1. The van der Waals surface area contributed by atoms with E-state index in [-0.39, 0.29) is 23.1 Å². The number of carbonyl (C=O) groups excluding carboxylic acids is 2. The smallest absolute Gasteiger partial charge is 0.240 e. The highest BCUT2D eigenvalue weighted by atomic mass is 35.5. The van der Waals surface area contributed by atoms with Crippen LogP contribution in [0.2, 0.25) is 5.15 Å². The number of nitrogens with zero attached hydrogens (tertiary/aromatic N) is 5. The molecule has 0 radical (unpaired) electrons. The van der Waals surface area contributed by atoms with Gasteiger partial charge in [-0.05, 0) is 30.6 Å². The van der Waals surface area contributed by atoms with E-state index in [2.05, 4.69) is 29.5 Å². The fourth-order valence-corrected chi connectivity index (χ4v) is 4.65. The first-order chi connectivity index (χ1) is 13.7. The summed E-state index contributed by atoms with van der Waals surface area (Å²) in [6, 6.07) is 0. The lowest BCUT2D eigenvalue weighted by molar-refractivity contribution is -0.131. The van der Waals surface area contributed by atoms with Crippen molar-refractivity contribution < 1.29 is 9.59 Å². The molecule has 1 N–H and O–H groups in total. The van der Waals surface area contributed by atoms with Gasteiger partial charge in [-0.15, -0.1) is 5.10 Å². The molecule has 0 bridgehead atoms. The van der Waals surface area contributed by atoms with Gasteiger partial charge in [0.25, 0.3) is 0 Å². The van der Waals surface area contributed by atoms with Gasteiger partial charge < -0.3 is 4.90 Å². The molecule has 156 valence electrons. The monoisotopic (exact) mass is 418 g/mol. The topological polar surface area (TPSA) is 85.0 Å². The van der Waals surface area contributed by atoms with Crippen LogP contribution < -0.4 is 5.43 Å². The van der Waals surface area contributed by atoms with Gasteiger partial charge in [0.1, 0.15) is 0 Å². The maximum atomic E-state index is 12.5. The summed E-state index contributed by atoms with van der Waals surface area (Å²) in [6.45, 7) is 8.29. The fourth-order valence-electron chi connectivity index (χ4n) is 4.42. The predicted molar refractivity (Wildman–Crippen MR) is 110 cm³/mol. The van der Waals surface area contributed by atoms with Crippen molar-refractivity contribution in [2.24, 2.45) is 11.3 Å². The minimum absolute atomic E-state index is 0.0653. The van der Waals surface area contributed by atoms with Gasteiger partial charge in [-0.3, -0.25) is 14.3 Å². The number of aromatic nitrogens is 4. The summed E-state index contributed by atoms with van der Waals surface area (Å²) < 4.78 is 2.02. The van der Waals surface area contributed by atoms with Crippen molar-refractivity contribution >= 4 is 23.4 Å². The maximum absolute atomic E-state index is 12.5. The third-order valence-electron chi connectivity index (χ3n) is 5.81. The summed E-state index contributed by atoms with van der Waals surface area (Å²) >= 11 is 6.37. The Hall–Kier alpha value is -2.35. The van der Waals surface area contributed by atoms with Crippen molar-refractivity contribution in [3.05, 3.63) is 23.2 Å². The average Bonchev–Trinajstić information content (AvgIpc) is 3.26. The van der Waals surface area contributed by atoms with Crippen molar-refractivity contribution in [2.45, 2.75) is 53.0 Å². The maximum Gasteiger partial charge on any atom is 0.240 e. The summed E-state index contributed by atoms with van der Waals surface area (Å²) in [5.74, 6) is 0.0994. The second-order valence-corrected chi connectivity index (χ2v) is 9.35. The molecule has 9 heteroatoms. The van der Waals surface area contributed by atoms with E-state index in [1.54, 1.807) is 13.1 Å². The summed E-state index contributed by atoms with van der Waals surface area (Å²) in [6.07, 6.45) is 6.71. The number of fused-ring (bicyclic) bond motifs is 1. The number of nitrogens with one attached hydrogen (secondary N) is 1. The van der Waals surface area contributed by atoms with Crippen molar-refractivity contribution in [3.63, 3.8) is 0 Å². The van der Waals surface area contributed by atoms with Crippen LogP contribution in [0.5, 0.6) is 0 Å². The lowest BCUT2D eigenvalue weighted by Gasteiger charge is -2.31. The van der Waals surface area contributed by atoms with E-state index in [0.717, 1.165) is 49.2 Å². The summed E-state index contributed by atoms with van der Waals surface area (Å²) in [5, 5.41) is 9.07. The van der Waals surface area contributed by atoms with E-state index >= 15 is 0 Å². The Kier molecular flexibility index (Phi) is 5.14. The van der Waals surface area contributed by atoms with Gasteiger partial charge in [0.2, 0.25) is 11.8 Å². The molecule has 2 amide bonds. The molecular weight excluding hydrogens is 392 g/mol. The van der Waals surface area contributed by atoms with Crippen LogP contribution in [-0.2, 0) is 22.6 Å². The molecule has 2 aromatic rings. The van der Waals surface area contributed by atoms with Gasteiger partial charge in [0, 0.05) is 49.8 Å². The molecule has 0 spiro atoms. The average molecular weight is 419 g/mol. The van der Waals surface area contributed by atoms with Crippen LogP contribution in [0.15, 0.2) is 12.4 Å². The Morgan fingerprint density at radius 3 is 2.90 bits per heavy atom. The highest BCUT2D eigenvalue weighted by molar-refractivity contribution is 6.32. The van der Waals surface area contributed by atoms with Gasteiger partial charge in [-0.25, -0.2) is 5.43 Å². The zero-order valence-electron chi connectivity index (χ0n) is 17.1. The van der Waals surface area contributed by atoms with Crippen molar-refractivity contribution in [1.29, 1.82) is 0 Å². The van der Waals surface area contributed by atoms with E-state index < -0.39 is 0 Å². The van der Waals surface area contributed by atoms with E-state index in [1.807, 2.05) is 15.8 Å². The number of piperidine rings is 1. The number of hydrogen-bond acceptors (Lipinski definition) is 4. The van der Waals surface area contributed by atoms with E-state index in [4.69, 9.17) is 11.6 Å². The lowest BCUT2D eigenvalue weighted by Crippen LogP contribution is -2.40. The Balaban J connectivity index is 1.43. The third kappa shape index (κ3) is 4.17. The molecule has 0 saturated carbocycles. The lowest BCUT2D eigenvalue weighted by atomic mass is 9.90. The molecule has 0 aromatic carbocycles. The Labute approximate surface area is 175 Å². The second kappa shape index (κ2) is 7.48. The van der Waals surface area contributed by atoms with Gasteiger partial charge in [0.05, 0.1) is 12.4 Å². The highest BCUT2D eigenvalue weighted by Gasteiger charge is 2.32. The Morgan fingerprint density at radius 1 is 1.34 bits per heavy atom. The third-order valence-corrected chi connectivity index (χ3v) is 6.09. The van der Waals surface area contributed by atoms with E-state index in [9.17, 15) is 9.59 Å². The quantitative estimate of drug-likeness (QED) is 0.827. The molecule has 4 heterocycles. The van der Waals surface area contributed by atoms with Crippen LogP contribution in [0.25, 0.3) is 11.1 Å². The summed E-state index contributed by atoms with van der Waals surface area (Å²) in [5.41, 5.74) is 5.84. The molecule has 8 nitrogen and oxygen atoms in total. The van der Waals surface area contributed by atoms with E-state index in [1.165, 1.54) is 4.79 Å². The van der Waals surface area contributed by atoms with Crippen LogP contribution in [0.3, 0.4) is 0 Å². The molecule has 2 aliphatic heterocycles. The normalized spacial score (nSPS) is 20.6. The Bertz CT molecular complexity index is 947. The van der Waals surface area contributed by atoms with Crippen molar-refractivity contribution in [3.8, 4) is 11.1 Å². The number of halogens is 1. The first kappa shape index (κ1) is 19.9. The number of hydrogen-bond donors (Lipinski definition) is 1. The molecule has 1 fully saturated rings. The van der Waals surface area contributed by atoms with Crippen molar-refractivity contribution in [2.75, 3.05) is 18.5 Å². The fraction of sp³-hybridized carbons (Fsp3) is 0.600. The number of likely N-dealkylation sites (tertiary alicyclic amines) is 1. The van der Waals surface area contributed by atoms with Gasteiger partial charge in [-0.1, -0.05) is 25.4 Å². The molecule has 0 aliphatic carbocycles. The second-order valence-electron chi connectivity index (χ2n) is 8.99. The van der Waals surface area contributed by atoms with E-state index in [0.29, 0.717) is 18.1 Å². The molecule has 1 saturated heterocycles. The van der Waals surface area contributed by atoms with Gasteiger partial charge in [0.15, 0.2) is 5.15 Å². The Morgan fingerprint density at radius 2 is 2.14 bits per heavy atom. The standard InChI is InChI=1S/C20H27ClN6O2/c1-13(28)25-6-4-5-14(10-25)7-18(29)23-27-11-16(19(21)24-27)15-9-22-26-12-20(2,3)8-17(15)26/h9,11,14H,4-8,10,12H2,1-3H3,(H,23,29). The molecule has 1 unspecified atom stereocenters. The zero-order valence-corrected chi connectivity index (χ0v) is 17.9.